The van der Waals surface area contributed by atoms with Crippen molar-refractivity contribution < 1.29 is 19.0 Å². The standard InChI is InChI=1S/C19H24N2O4S/c1-13(25-11-14-7-5-6-10-24-14)18(22)21-19-20-16(12-26-19)15-8-3-4-9-17(15)23-2/h3-4,8-9,12-14H,5-7,10-11H2,1-2H3,(H,20,21,22). The van der Waals surface area contributed by atoms with E-state index in [0.29, 0.717) is 11.7 Å². The van der Waals surface area contributed by atoms with Crippen molar-refractivity contribution in [2.24, 2.45) is 0 Å². The number of carbonyl (C=O) groups is 1. The molecule has 1 aromatic carbocycles. The highest BCUT2D eigenvalue weighted by atomic mass is 32.1. The van der Waals surface area contributed by atoms with Crippen LogP contribution in [0, 0.1) is 0 Å². The fourth-order valence-corrected chi connectivity index (χ4v) is 3.50. The molecule has 0 bridgehead atoms. The molecular weight excluding hydrogens is 352 g/mol. The van der Waals surface area contributed by atoms with E-state index in [1.54, 1.807) is 14.0 Å². The van der Waals surface area contributed by atoms with Crippen molar-refractivity contribution >= 4 is 22.4 Å². The van der Waals surface area contributed by atoms with Crippen LogP contribution in [-0.2, 0) is 14.3 Å². The molecule has 1 amide bonds. The Morgan fingerprint density at radius 3 is 3.04 bits per heavy atom. The van der Waals surface area contributed by atoms with E-state index >= 15 is 0 Å². The summed E-state index contributed by atoms with van der Waals surface area (Å²) < 4.78 is 16.6. The smallest absolute Gasteiger partial charge is 0.254 e. The Labute approximate surface area is 157 Å². The van der Waals surface area contributed by atoms with Gasteiger partial charge in [-0.05, 0) is 38.3 Å². The number of para-hydroxylation sites is 1. The monoisotopic (exact) mass is 376 g/mol. The van der Waals surface area contributed by atoms with Gasteiger partial charge in [-0.15, -0.1) is 11.3 Å². The minimum Gasteiger partial charge on any atom is -0.496 e. The maximum atomic E-state index is 12.3. The molecule has 1 N–H and O–H groups in total. The maximum Gasteiger partial charge on any atom is 0.254 e. The Bertz CT molecular complexity index is 728. The first-order chi connectivity index (χ1) is 12.7. The van der Waals surface area contributed by atoms with E-state index in [9.17, 15) is 4.79 Å². The zero-order chi connectivity index (χ0) is 18.4. The number of ether oxygens (including phenoxy) is 3. The molecule has 1 fully saturated rings. The summed E-state index contributed by atoms with van der Waals surface area (Å²) in [5.74, 6) is 0.543. The summed E-state index contributed by atoms with van der Waals surface area (Å²) in [5, 5.41) is 5.26. The molecule has 26 heavy (non-hydrogen) atoms. The van der Waals surface area contributed by atoms with Gasteiger partial charge in [0, 0.05) is 17.6 Å². The second-order valence-electron chi connectivity index (χ2n) is 6.19. The third-order valence-electron chi connectivity index (χ3n) is 4.29. The summed E-state index contributed by atoms with van der Waals surface area (Å²) >= 11 is 1.38. The first-order valence-electron chi connectivity index (χ1n) is 8.80. The van der Waals surface area contributed by atoms with Crippen molar-refractivity contribution in [3.05, 3.63) is 29.6 Å². The minimum absolute atomic E-state index is 0.0935. The second-order valence-corrected chi connectivity index (χ2v) is 7.05. The zero-order valence-electron chi connectivity index (χ0n) is 15.1. The van der Waals surface area contributed by atoms with E-state index < -0.39 is 6.10 Å². The van der Waals surface area contributed by atoms with Gasteiger partial charge in [-0.25, -0.2) is 4.98 Å². The molecule has 0 radical (unpaired) electrons. The Hall–Kier alpha value is -1.96. The van der Waals surface area contributed by atoms with Gasteiger partial charge in [-0.3, -0.25) is 10.1 Å². The number of hydrogen-bond donors (Lipinski definition) is 1. The molecule has 1 aliphatic heterocycles. The number of rotatable bonds is 7. The van der Waals surface area contributed by atoms with Crippen LogP contribution in [0.15, 0.2) is 29.6 Å². The van der Waals surface area contributed by atoms with Gasteiger partial charge in [0.05, 0.1) is 25.5 Å². The second kappa shape index (κ2) is 9.12. The number of nitrogens with one attached hydrogen (secondary N) is 1. The van der Waals surface area contributed by atoms with Gasteiger partial charge in [-0.2, -0.15) is 0 Å². The third-order valence-corrected chi connectivity index (χ3v) is 5.05. The molecule has 1 aliphatic rings. The lowest BCUT2D eigenvalue weighted by molar-refractivity contribution is -0.130. The lowest BCUT2D eigenvalue weighted by Crippen LogP contribution is -2.32. The van der Waals surface area contributed by atoms with E-state index in [-0.39, 0.29) is 12.0 Å². The molecule has 0 saturated carbocycles. The maximum absolute atomic E-state index is 12.3. The summed E-state index contributed by atoms with van der Waals surface area (Å²) in [6, 6.07) is 7.66. The number of thiazole rings is 1. The number of hydrogen-bond acceptors (Lipinski definition) is 6. The highest BCUT2D eigenvalue weighted by Crippen LogP contribution is 2.31. The molecule has 2 aromatic rings. The average Bonchev–Trinajstić information content (AvgIpc) is 3.15. The van der Waals surface area contributed by atoms with Gasteiger partial charge in [-0.1, -0.05) is 12.1 Å². The fourth-order valence-electron chi connectivity index (χ4n) is 2.78. The Balaban J connectivity index is 1.55. The normalized spacial score (nSPS) is 18.3. The van der Waals surface area contributed by atoms with Gasteiger partial charge in [0.1, 0.15) is 11.9 Å². The number of amides is 1. The Morgan fingerprint density at radius 2 is 2.27 bits per heavy atom. The number of anilines is 1. The molecule has 2 unspecified atom stereocenters. The first kappa shape index (κ1) is 18.8. The summed E-state index contributed by atoms with van der Waals surface area (Å²) in [6.45, 7) is 2.96. The van der Waals surface area contributed by atoms with Crippen molar-refractivity contribution in [1.29, 1.82) is 0 Å². The molecule has 140 valence electrons. The topological polar surface area (TPSA) is 69.7 Å². The summed E-state index contributed by atoms with van der Waals surface area (Å²) in [6.07, 6.45) is 2.78. The van der Waals surface area contributed by atoms with Gasteiger partial charge in [0.15, 0.2) is 5.13 Å². The van der Waals surface area contributed by atoms with Crippen molar-refractivity contribution in [2.45, 2.75) is 38.4 Å². The number of methoxy groups -OCH3 is 1. The largest absolute Gasteiger partial charge is 0.496 e. The SMILES string of the molecule is COc1ccccc1-c1csc(NC(=O)C(C)OCC2CCCCO2)n1. The van der Waals surface area contributed by atoms with Crippen molar-refractivity contribution in [2.75, 3.05) is 25.6 Å². The molecular formula is C19H24N2O4S. The highest BCUT2D eigenvalue weighted by molar-refractivity contribution is 7.14. The number of benzene rings is 1. The molecule has 6 nitrogen and oxygen atoms in total. The van der Waals surface area contributed by atoms with E-state index in [0.717, 1.165) is 42.9 Å². The molecule has 1 aromatic heterocycles. The number of carbonyl (C=O) groups excluding carboxylic acids is 1. The van der Waals surface area contributed by atoms with Gasteiger partial charge < -0.3 is 14.2 Å². The predicted octanol–water partition coefficient (Wildman–Crippen LogP) is 3.73. The quantitative estimate of drug-likeness (QED) is 0.797. The zero-order valence-corrected chi connectivity index (χ0v) is 15.9. The van der Waals surface area contributed by atoms with Crippen LogP contribution in [0.5, 0.6) is 5.75 Å². The van der Waals surface area contributed by atoms with E-state index in [2.05, 4.69) is 10.3 Å². The predicted molar refractivity (Wildman–Crippen MR) is 102 cm³/mol. The number of nitrogens with zero attached hydrogens (tertiary/aromatic N) is 1. The molecule has 7 heteroatoms. The average molecular weight is 376 g/mol. The van der Waals surface area contributed by atoms with Crippen LogP contribution in [0.2, 0.25) is 0 Å². The van der Waals surface area contributed by atoms with Crippen molar-refractivity contribution in [3.8, 4) is 17.0 Å². The van der Waals surface area contributed by atoms with E-state index in [1.165, 1.54) is 11.3 Å². The van der Waals surface area contributed by atoms with Gasteiger partial charge >= 0.3 is 0 Å². The van der Waals surface area contributed by atoms with Crippen LogP contribution in [0.25, 0.3) is 11.3 Å². The third kappa shape index (κ3) is 4.81. The van der Waals surface area contributed by atoms with Crippen LogP contribution < -0.4 is 10.1 Å². The van der Waals surface area contributed by atoms with Crippen molar-refractivity contribution in [1.82, 2.24) is 4.98 Å². The molecule has 1 saturated heterocycles. The summed E-state index contributed by atoms with van der Waals surface area (Å²) in [5.41, 5.74) is 1.66. The van der Waals surface area contributed by atoms with Gasteiger partial charge in [0.2, 0.25) is 0 Å². The molecule has 0 aliphatic carbocycles. The van der Waals surface area contributed by atoms with Crippen LogP contribution in [0.3, 0.4) is 0 Å². The molecule has 2 atom stereocenters. The number of aromatic nitrogens is 1. The summed E-state index contributed by atoms with van der Waals surface area (Å²) in [4.78, 5) is 16.8. The van der Waals surface area contributed by atoms with Crippen LogP contribution >= 0.6 is 11.3 Å². The van der Waals surface area contributed by atoms with Gasteiger partial charge in [0.25, 0.3) is 5.91 Å². The minimum atomic E-state index is -0.556. The highest BCUT2D eigenvalue weighted by Gasteiger charge is 2.20. The van der Waals surface area contributed by atoms with E-state index in [1.807, 2.05) is 29.6 Å². The fraction of sp³-hybridized carbons (Fsp3) is 0.474. The molecule has 2 heterocycles. The van der Waals surface area contributed by atoms with Crippen molar-refractivity contribution in [3.63, 3.8) is 0 Å². The molecule has 3 rings (SSSR count). The first-order valence-corrected chi connectivity index (χ1v) is 9.68. The van der Waals surface area contributed by atoms with Crippen LogP contribution in [-0.4, -0.2) is 43.4 Å². The molecule has 0 spiro atoms. The van der Waals surface area contributed by atoms with E-state index in [4.69, 9.17) is 14.2 Å². The van der Waals surface area contributed by atoms with Crippen LogP contribution in [0.1, 0.15) is 26.2 Å². The lowest BCUT2D eigenvalue weighted by Gasteiger charge is -2.23. The Kier molecular flexibility index (Phi) is 6.60. The summed E-state index contributed by atoms with van der Waals surface area (Å²) in [7, 11) is 1.63. The lowest BCUT2D eigenvalue weighted by atomic mass is 10.1. The van der Waals surface area contributed by atoms with Crippen LogP contribution in [0.4, 0.5) is 5.13 Å². The Morgan fingerprint density at radius 1 is 1.42 bits per heavy atom.